The van der Waals surface area contributed by atoms with Crippen molar-refractivity contribution in [2.24, 2.45) is 5.10 Å². The van der Waals surface area contributed by atoms with E-state index < -0.39 is 0 Å². The summed E-state index contributed by atoms with van der Waals surface area (Å²) in [6, 6.07) is 13.8. The van der Waals surface area contributed by atoms with Crippen LogP contribution in [0.1, 0.15) is 45.6 Å². The van der Waals surface area contributed by atoms with Crippen LogP contribution < -0.4 is 4.74 Å². The molecule has 0 spiro atoms. The molecule has 0 saturated carbocycles. The van der Waals surface area contributed by atoms with E-state index in [2.05, 4.69) is 56.1 Å². The summed E-state index contributed by atoms with van der Waals surface area (Å²) >= 11 is 0. The molecule has 1 aliphatic rings. The normalized spacial score (nSPS) is 22.4. The molecule has 2 atom stereocenters. The Kier molecular flexibility index (Phi) is 4.56. The van der Waals surface area contributed by atoms with Crippen LogP contribution in [0.15, 0.2) is 41.5 Å². The third-order valence-electron chi connectivity index (χ3n) is 4.88. The van der Waals surface area contributed by atoms with Gasteiger partial charge in [-0.3, -0.25) is 5.01 Å². The first-order chi connectivity index (χ1) is 11.1. The first-order valence-corrected chi connectivity index (χ1v) is 8.50. The number of hydrogen-bond donors (Lipinski definition) is 0. The Balaban J connectivity index is 1.90. The standard InChI is InChI=1S/C20H26N2O/c1-14-6-5-7-15(2)22(14)21-16(3)17-8-9-19-13-20(23-4)11-10-18(19)12-17/h8-15H,5-7H2,1-4H3/b21-16-/t14-,15-/m1/s1. The van der Waals surface area contributed by atoms with Crippen molar-refractivity contribution in [2.45, 2.75) is 52.1 Å². The van der Waals surface area contributed by atoms with E-state index in [1.807, 2.05) is 6.07 Å². The molecular formula is C20H26N2O. The van der Waals surface area contributed by atoms with Crippen LogP contribution in [0.2, 0.25) is 0 Å². The number of methoxy groups -OCH3 is 1. The molecule has 0 aliphatic carbocycles. The molecule has 0 bridgehead atoms. The van der Waals surface area contributed by atoms with Crippen LogP contribution in [0, 0.1) is 0 Å². The molecule has 1 aliphatic heterocycles. The van der Waals surface area contributed by atoms with Crippen LogP contribution in [0.25, 0.3) is 10.8 Å². The Labute approximate surface area is 138 Å². The molecular weight excluding hydrogens is 284 g/mol. The molecule has 2 aromatic carbocycles. The van der Waals surface area contributed by atoms with Crippen molar-refractivity contribution in [3.05, 3.63) is 42.0 Å². The maximum Gasteiger partial charge on any atom is 0.119 e. The Bertz CT molecular complexity index is 713. The molecule has 0 unspecified atom stereocenters. The number of piperidine rings is 1. The Morgan fingerprint density at radius 1 is 1.04 bits per heavy atom. The summed E-state index contributed by atoms with van der Waals surface area (Å²) < 4.78 is 5.29. The van der Waals surface area contributed by atoms with E-state index in [1.54, 1.807) is 7.11 Å². The lowest BCUT2D eigenvalue weighted by molar-refractivity contribution is 0.108. The van der Waals surface area contributed by atoms with Gasteiger partial charge in [-0.25, -0.2) is 0 Å². The number of fused-ring (bicyclic) bond motifs is 1. The average Bonchev–Trinajstić information content (AvgIpc) is 2.57. The van der Waals surface area contributed by atoms with Gasteiger partial charge in [-0.1, -0.05) is 18.2 Å². The van der Waals surface area contributed by atoms with Crippen molar-refractivity contribution < 1.29 is 4.74 Å². The van der Waals surface area contributed by atoms with Gasteiger partial charge in [-0.15, -0.1) is 0 Å². The molecule has 3 heteroatoms. The highest BCUT2D eigenvalue weighted by atomic mass is 16.5. The molecule has 0 radical (unpaired) electrons. The molecule has 2 aromatic rings. The molecule has 3 nitrogen and oxygen atoms in total. The van der Waals surface area contributed by atoms with Crippen molar-refractivity contribution in [3.63, 3.8) is 0 Å². The van der Waals surface area contributed by atoms with Gasteiger partial charge in [0, 0.05) is 12.1 Å². The monoisotopic (exact) mass is 310 g/mol. The summed E-state index contributed by atoms with van der Waals surface area (Å²) in [5.74, 6) is 0.895. The minimum Gasteiger partial charge on any atom is -0.497 e. The Morgan fingerprint density at radius 2 is 1.70 bits per heavy atom. The van der Waals surface area contributed by atoms with E-state index in [4.69, 9.17) is 9.84 Å². The van der Waals surface area contributed by atoms with Crippen molar-refractivity contribution in [2.75, 3.05) is 7.11 Å². The second-order valence-corrected chi connectivity index (χ2v) is 6.62. The van der Waals surface area contributed by atoms with E-state index in [-0.39, 0.29) is 0 Å². The lowest BCUT2D eigenvalue weighted by Gasteiger charge is -2.37. The second-order valence-electron chi connectivity index (χ2n) is 6.62. The number of benzene rings is 2. The smallest absolute Gasteiger partial charge is 0.119 e. The summed E-state index contributed by atoms with van der Waals surface area (Å²) in [5, 5.41) is 9.64. The summed E-state index contributed by atoms with van der Waals surface area (Å²) in [6.07, 6.45) is 3.78. The minimum absolute atomic E-state index is 0.526. The van der Waals surface area contributed by atoms with Crippen LogP contribution in [0.3, 0.4) is 0 Å². The van der Waals surface area contributed by atoms with E-state index in [9.17, 15) is 0 Å². The fourth-order valence-corrected chi connectivity index (χ4v) is 3.41. The van der Waals surface area contributed by atoms with E-state index in [1.165, 1.54) is 35.6 Å². The molecule has 122 valence electrons. The third-order valence-corrected chi connectivity index (χ3v) is 4.88. The van der Waals surface area contributed by atoms with Gasteiger partial charge in [0.25, 0.3) is 0 Å². The summed E-state index contributed by atoms with van der Waals surface area (Å²) in [4.78, 5) is 0. The van der Waals surface area contributed by atoms with Crippen LogP contribution >= 0.6 is 0 Å². The predicted molar refractivity (Wildman–Crippen MR) is 97.3 cm³/mol. The van der Waals surface area contributed by atoms with E-state index in [0.29, 0.717) is 12.1 Å². The molecule has 0 amide bonds. The van der Waals surface area contributed by atoms with Crippen LogP contribution in [0.4, 0.5) is 0 Å². The van der Waals surface area contributed by atoms with Gasteiger partial charge < -0.3 is 4.74 Å². The quantitative estimate of drug-likeness (QED) is 0.758. The molecule has 1 fully saturated rings. The average molecular weight is 310 g/mol. The van der Waals surface area contributed by atoms with Crippen molar-refractivity contribution >= 4 is 16.5 Å². The highest BCUT2D eigenvalue weighted by Gasteiger charge is 2.23. The summed E-state index contributed by atoms with van der Waals surface area (Å²) in [5.41, 5.74) is 2.27. The Hall–Kier alpha value is -2.03. The molecule has 1 heterocycles. The molecule has 23 heavy (non-hydrogen) atoms. The summed E-state index contributed by atoms with van der Waals surface area (Å²) in [6.45, 7) is 6.66. The molecule has 0 N–H and O–H groups in total. The van der Waals surface area contributed by atoms with Gasteiger partial charge in [0.1, 0.15) is 5.75 Å². The lowest BCUT2D eigenvalue weighted by Crippen LogP contribution is -2.40. The zero-order valence-corrected chi connectivity index (χ0v) is 14.5. The fraction of sp³-hybridized carbons (Fsp3) is 0.450. The highest BCUT2D eigenvalue weighted by molar-refractivity contribution is 6.02. The van der Waals surface area contributed by atoms with Crippen LogP contribution in [-0.4, -0.2) is 29.9 Å². The van der Waals surface area contributed by atoms with Gasteiger partial charge in [0.15, 0.2) is 0 Å². The first kappa shape index (κ1) is 15.9. The lowest BCUT2D eigenvalue weighted by atomic mass is 10.00. The van der Waals surface area contributed by atoms with Gasteiger partial charge in [-0.05, 0) is 74.6 Å². The second kappa shape index (κ2) is 6.61. The number of rotatable bonds is 3. The van der Waals surface area contributed by atoms with Gasteiger partial charge in [0.05, 0.1) is 12.8 Å². The predicted octanol–water partition coefficient (Wildman–Crippen LogP) is 4.84. The Morgan fingerprint density at radius 3 is 2.39 bits per heavy atom. The number of hydrogen-bond acceptors (Lipinski definition) is 3. The molecule has 3 rings (SSSR count). The largest absolute Gasteiger partial charge is 0.497 e. The topological polar surface area (TPSA) is 24.8 Å². The summed E-state index contributed by atoms with van der Waals surface area (Å²) in [7, 11) is 1.70. The zero-order chi connectivity index (χ0) is 16.4. The maximum atomic E-state index is 5.29. The van der Waals surface area contributed by atoms with E-state index in [0.717, 1.165) is 11.5 Å². The fourth-order valence-electron chi connectivity index (χ4n) is 3.41. The van der Waals surface area contributed by atoms with Crippen molar-refractivity contribution in [1.82, 2.24) is 5.01 Å². The SMILES string of the molecule is COc1ccc2cc(/C(C)=N\N3[C@H](C)CCC[C@H]3C)ccc2c1. The third kappa shape index (κ3) is 3.34. The first-order valence-electron chi connectivity index (χ1n) is 8.50. The number of hydrazone groups is 1. The minimum atomic E-state index is 0.526. The molecule has 1 saturated heterocycles. The van der Waals surface area contributed by atoms with Crippen LogP contribution in [-0.2, 0) is 0 Å². The van der Waals surface area contributed by atoms with Gasteiger partial charge in [-0.2, -0.15) is 5.10 Å². The highest BCUT2D eigenvalue weighted by Crippen LogP contribution is 2.25. The van der Waals surface area contributed by atoms with Crippen molar-refractivity contribution in [1.29, 1.82) is 0 Å². The number of ether oxygens (including phenoxy) is 1. The number of nitrogens with zero attached hydrogens (tertiary/aromatic N) is 2. The maximum absolute atomic E-state index is 5.29. The molecule has 0 aromatic heterocycles. The van der Waals surface area contributed by atoms with Crippen LogP contribution in [0.5, 0.6) is 5.75 Å². The van der Waals surface area contributed by atoms with E-state index >= 15 is 0 Å². The zero-order valence-electron chi connectivity index (χ0n) is 14.5. The van der Waals surface area contributed by atoms with Crippen molar-refractivity contribution in [3.8, 4) is 5.75 Å². The van der Waals surface area contributed by atoms with Gasteiger partial charge in [0.2, 0.25) is 0 Å². The van der Waals surface area contributed by atoms with Gasteiger partial charge >= 0.3 is 0 Å².